The minimum Gasteiger partial charge on any atom is -0.486 e. The van der Waals surface area contributed by atoms with E-state index < -0.39 is 0 Å². The van der Waals surface area contributed by atoms with Crippen molar-refractivity contribution in [3.05, 3.63) is 30.1 Å². The molecular weight excluding hydrogens is 313 g/mol. The number of aliphatic imine (C=N–C) groups is 1. The van der Waals surface area contributed by atoms with Crippen molar-refractivity contribution in [1.29, 1.82) is 0 Å². The molecule has 134 valence electrons. The minimum absolute atomic E-state index is 0.200. The largest absolute Gasteiger partial charge is 0.486 e. The van der Waals surface area contributed by atoms with Gasteiger partial charge in [0.05, 0.1) is 13.2 Å². The number of carbonyl (C=O) groups excluding carboxylic acids is 1. The van der Waals surface area contributed by atoms with Crippen LogP contribution in [0, 0.1) is 5.82 Å². The topological polar surface area (TPSA) is 72.0 Å². The number of nitrogens with one attached hydrogen (secondary N) is 2. The number of hydrogen-bond donors (Lipinski definition) is 2. The number of para-hydroxylation sites is 1. The molecule has 6 nitrogen and oxygen atoms in total. The second-order valence-electron chi connectivity index (χ2n) is 5.15. The van der Waals surface area contributed by atoms with Gasteiger partial charge in [-0.3, -0.25) is 9.79 Å². The average molecular weight is 339 g/mol. The summed E-state index contributed by atoms with van der Waals surface area (Å²) in [6.45, 7) is 5.09. The van der Waals surface area contributed by atoms with Crippen molar-refractivity contribution >= 4 is 11.9 Å². The molecule has 0 aliphatic heterocycles. The lowest BCUT2D eigenvalue weighted by atomic mass is 10.3. The molecule has 7 heteroatoms. The fraction of sp³-hybridized carbons (Fsp3) is 0.529. The Morgan fingerprint density at radius 3 is 2.75 bits per heavy atom. The third-order valence-electron chi connectivity index (χ3n) is 3.10. The van der Waals surface area contributed by atoms with Crippen molar-refractivity contribution < 1.29 is 18.7 Å². The van der Waals surface area contributed by atoms with Gasteiger partial charge in [0, 0.05) is 20.0 Å². The molecule has 0 bridgehead atoms. The molecule has 0 saturated heterocycles. The van der Waals surface area contributed by atoms with Crippen LogP contribution in [0.15, 0.2) is 29.3 Å². The molecule has 0 aliphatic carbocycles. The van der Waals surface area contributed by atoms with E-state index in [0.717, 1.165) is 0 Å². The highest BCUT2D eigenvalue weighted by atomic mass is 19.1. The zero-order valence-electron chi connectivity index (χ0n) is 14.5. The van der Waals surface area contributed by atoms with Gasteiger partial charge < -0.3 is 20.1 Å². The second kappa shape index (κ2) is 11.3. The Kier molecular flexibility index (Phi) is 9.26. The summed E-state index contributed by atoms with van der Waals surface area (Å²) >= 11 is 0. The van der Waals surface area contributed by atoms with Crippen molar-refractivity contribution in [2.75, 3.05) is 26.7 Å². The summed E-state index contributed by atoms with van der Waals surface area (Å²) in [6.07, 6.45) is 0.783. The van der Waals surface area contributed by atoms with Crippen molar-refractivity contribution in [2.24, 2.45) is 4.99 Å². The average Bonchev–Trinajstić information content (AvgIpc) is 2.56. The normalized spacial score (nSPS) is 12.4. The molecule has 24 heavy (non-hydrogen) atoms. The lowest BCUT2D eigenvalue weighted by molar-refractivity contribution is -0.143. The summed E-state index contributed by atoms with van der Waals surface area (Å²) in [7, 11) is 1.66. The van der Waals surface area contributed by atoms with E-state index in [4.69, 9.17) is 9.47 Å². The molecule has 0 spiro atoms. The molecule has 0 radical (unpaired) electrons. The van der Waals surface area contributed by atoms with Gasteiger partial charge in [-0.1, -0.05) is 12.1 Å². The number of rotatable bonds is 9. The summed E-state index contributed by atoms with van der Waals surface area (Å²) in [5.41, 5.74) is 0. The van der Waals surface area contributed by atoms with E-state index in [-0.39, 0.29) is 23.6 Å². The number of esters is 1. The molecule has 0 aliphatic rings. The number of benzene rings is 1. The standard InChI is InChI=1S/C17H26FN3O3/c1-4-23-16(22)10-7-11-20-17(19-3)21-12-13(2)24-15-9-6-5-8-14(15)18/h5-6,8-9,13H,4,7,10-12H2,1-3H3,(H2,19,20,21). The van der Waals surface area contributed by atoms with Crippen LogP contribution in [0.3, 0.4) is 0 Å². The Hall–Kier alpha value is -2.31. The number of carbonyl (C=O) groups is 1. The molecule has 0 saturated carbocycles. The lowest BCUT2D eigenvalue weighted by Gasteiger charge is -2.18. The number of hydrogen-bond acceptors (Lipinski definition) is 4. The lowest BCUT2D eigenvalue weighted by Crippen LogP contribution is -2.42. The first-order valence-electron chi connectivity index (χ1n) is 8.08. The molecular formula is C17H26FN3O3. The molecule has 2 N–H and O–H groups in total. The predicted molar refractivity (Wildman–Crippen MR) is 91.7 cm³/mol. The van der Waals surface area contributed by atoms with E-state index >= 15 is 0 Å². The highest BCUT2D eigenvalue weighted by molar-refractivity contribution is 5.79. The number of nitrogens with zero attached hydrogens (tertiary/aromatic N) is 1. The summed E-state index contributed by atoms with van der Waals surface area (Å²) in [5.74, 6) is 0.243. The van der Waals surface area contributed by atoms with Gasteiger partial charge in [0.15, 0.2) is 17.5 Å². The van der Waals surface area contributed by atoms with Crippen LogP contribution in [-0.2, 0) is 9.53 Å². The summed E-state index contributed by atoms with van der Waals surface area (Å²) in [5, 5.41) is 6.20. The monoisotopic (exact) mass is 339 g/mol. The van der Waals surface area contributed by atoms with Gasteiger partial charge in [0.25, 0.3) is 0 Å². The van der Waals surface area contributed by atoms with Gasteiger partial charge in [0.1, 0.15) is 6.10 Å². The summed E-state index contributed by atoms with van der Waals surface area (Å²) in [4.78, 5) is 15.3. The highest BCUT2D eigenvalue weighted by Gasteiger charge is 2.09. The molecule has 0 amide bonds. The number of ether oxygens (including phenoxy) is 2. The summed E-state index contributed by atoms with van der Waals surface area (Å²) in [6, 6.07) is 6.30. The van der Waals surface area contributed by atoms with E-state index in [1.807, 2.05) is 6.92 Å². The third-order valence-corrected chi connectivity index (χ3v) is 3.10. The van der Waals surface area contributed by atoms with Crippen LogP contribution < -0.4 is 15.4 Å². The SMILES string of the molecule is CCOC(=O)CCCNC(=NC)NCC(C)Oc1ccccc1F. The predicted octanol–water partition coefficient (Wildman–Crippen LogP) is 2.10. The number of guanidine groups is 1. The zero-order chi connectivity index (χ0) is 17.8. The molecule has 1 aromatic rings. The van der Waals surface area contributed by atoms with Gasteiger partial charge in [-0.15, -0.1) is 0 Å². The van der Waals surface area contributed by atoms with Crippen LogP contribution >= 0.6 is 0 Å². The van der Waals surface area contributed by atoms with Crippen LogP contribution in [0.2, 0.25) is 0 Å². The Morgan fingerprint density at radius 2 is 2.08 bits per heavy atom. The van der Waals surface area contributed by atoms with Crippen molar-refractivity contribution in [2.45, 2.75) is 32.8 Å². The maximum absolute atomic E-state index is 13.5. The van der Waals surface area contributed by atoms with Gasteiger partial charge in [0.2, 0.25) is 0 Å². The van der Waals surface area contributed by atoms with Crippen molar-refractivity contribution in [3.8, 4) is 5.75 Å². The van der Waals surface area contributed by atoms with Crippen molar-refractivity contribution in [3.63, 3.8) is 0 Å². The van der Waals surface area contributed by atoms with E-state index in [9.17, 15) is 9.18 Å². The summed E-state index contributed by atoms with van der Waals surface area (Å²) < 4.78 is 23.9. The third kappa shape index (κ3) is 7.80. The molecule has 0 fully saturated rings. The van der Waals surface area contributed by atoms with Gasteiger partial charge >= 0.3 is 5.97 Å². The Labute approximate surface area is 142 Å². The van der Waals surface area contributed by atoms with E-state index in [0.29, 0.717) is 38.5 Å². The molecule has 0 aromatic heterocycles. The highest BCUT2D eigenvalue weighted by Crippen LogP contribution is 2.16. The first-order valence-corrected chi connectivity index (χ1v) is 8.08. The quantitative estimate of drug-likeness (QED) is 0.312. The first-order chi connectivity index (χ1) is 11.6. The molecule has 1 unspecified atom stereocenters. The maximum Gasteiger partial charge on any atom is 0.305 e. The van der Waals surface area contributed by atoms with E-state index in [1.54, 1.807) is 32.2 Å². The van der Waals surface area contributed by atoms with Gasteiger partial charge in [-0.05, 0) is 32.4 Å². The van der Waals surface area contributed by atoms with E-state index in [2.05, 4.69) is 15.6 Å². The van der Waals surface area contributed by atoms with Crippen LogP contribution in [0.25, 0.3) is 0 Å². The van der Waals surface area contributed by atoms with E-state index in [1.165, 1.54) is 6.07 Å². The van der Waals surface area contributed by atoms with Crippen molar-refractivity contribution in [1.82, 2.24) is 10.6 Å². The molecule has 1 aromatic carbocycles. The maximum atomic E-state index is 13.5. The fourth-order valence-electron chi connectivity index (χ4n) is 1.93. The van der Waals surface area contributed by atoms with Gasteiger partial charge in [-0.2, -0.15) is 0 Å². The first kappa shape index (κ1) is 19.7. The zero-order valence-corrected chi connectivity index (χ0v) is 14.5. The van der Waals surface area contributed by atoms with Crippen LogP contribution in [0.5, 0.6) is 5.75 Å². The van der Waals surface area contributed by atoms with Crippen LogP contribution in [-0.4, -0.2) is 44.8 Å². The second-order valence-corrected chi connectivity index (χ2v) is 5.15. The molecule has 1 atom stereocenters. The number of halogens is 1. The Bertz CT molecular complexity index is 538. The Morgan fingerprint density at radius 1 is 1.33 bits per heavy atom. The van der Waals surface area contributed by atoms with Crippen LogP contribution in [0.1, 0.15) is 26.7 Å². The van der Waals surface area contributed by atoms with Gasteiger partial charge in [-0.25, -0.2) is 4.39 Å². The smallest absolute Gasteiger partial charge is 0.305 e. The minimum atomic E-state index is -0.383. The fourth-order valence-corrected chi connectivity index (χ4v) is 1.93. The molecule has 1 rings (SSSR count). The molecule has 0 heterocycles. The Balaban J connectivity index is 2.26. The van der Waals surface area contributed by atoms with Crippen LogP contribution in [0.4, 0.5) is 4.39 Å².